The van der Waals surface area contributed by atoms with E-state index in [0.717, 1.165) is 17.5 Å². The number of hydrogen-bond donors (Lipinski definition) is 0. The van der Waals surface area contributed by atoms with E-state index in [4.69, 9.17) is 5.53 Å². The molecule has 0 atom stereocenters. The lowest BCUT2D eigenvalue weighted by Crippen LogP contribution is -2.39. The van der Waals surface area contributed by atoms with E-state index in [0.29, 0.717) is 19.6 Å². The summed E-state index contributed by atoms with van der Waals surface area (Å²) in [6, 6.07) is 7.64. The van der Waals surface area contributed by atoms with Crippen LogP contribution in [0.1, 0.15) is 15.9 Å². The van der Waals surface area contributed by atoms with Crippen molar-refractivity contribution < 1.29 is 4.79 Å². The van der Waals surface area contributed by atoms with Gasteiger partial charge in [0.15, 0.2) is 0 Å². The van der Waals surface area contributed by atoms with Crippen molar-refractivity contribution >= 4 is 5.91 Å². The molecule has 0 radical (unpaired) electrons. The zero-order chi connectivity index (χ0) is 11.4. The van der Waals surface area contributed by atoms with Crippen LogP contribution in [0.15, 0.2) is 29.4 Å². The van der Waals surface area contributed by atoms with Crippen LogP contribution in [0.2, 0.25) is 0 Å². The van der Waals surface area contributed by atoms with E-state index in [2.05, 4.69) is 10.0 Å². The molecule has 0 spiro atoms. The van der Waals surface area contributed by atoms with Gasteiger partial charge in [-0.3, -0.25) is 4.79 Å². The monoisotopic (exact) mass is 216 g/mol. The summed E-state index contributed by atoms with van der Waals surface area (Å²) in [6.07, 6.45) is 0.873. The summed E-state index contributed by atoms with van der Waals surface area (Å²) < 4.78 is 0. The van der Waals surface area contributed by atoms with Crippen LogP contribution >= 0.6 is 0 Å². The minimum atomic E-state index is 0.0370. The van der Waals surface area contributed by atoms with E-state index in [1.54, 1.807) is 4.90 Å². The van der Waals surface area contributed by atoms with Crippen LogP contribution in [0, 0.1) is 0 Å². The Bertz CT molecular complexity index is 451. The van der Waals surface area contributed by atoms with E-state index in [-0.39, 0.29) is 5.91 Å². The van der Waals surface area contributed by atoms with Crippen LogP contribution in [-0.4, -0.2) is 30.4 Å². The van der Waals surface area contributed by atoms with Gasteiger partial charge in [0.05, 0.1) is 0 Å². The molecule has 0 saturated carbocycles. The first kappa shape index (κ1) is 10.5. The molecule has 82 valence electrons. The predicted molar refractivity (Wildman–Crippen MR) is 60.1 cm³/mol. The molecular formula is C11H12N4O. The van der Waals surface area contributed by atoms with Gasteiger partial charge in [-0.25, -0.2) is 0 Å². The Kier molecular flexibility index (Phi) is 3.08. The maximum Gasteiger partial charge on any atom is 0.254 e. The van der Waals surface area contributed by atoms with Crippen LogP contribution < -0.4 is 0 Å². The Hall–Kier alpha value is -2.00. The topological polar surface area (TPSA) is 69.1 Å². The molecule has 0 N–H and O–H groups in total. The summed E-state index contributed by atoms with van der Waals surface area (Å²) in [5.74, 6) is 0.0370. The summed E-state index contributed by atoms with van der Waals surface area (Å²) in [7, 11) is 0. The highest BCUT2D eigenvalue weighted by Crippen LogP contribution is 2.18. The van der Waals surface area contributed by atoms with Gasteiger partial charge in [-0.05, 0) is 23.6 Å². The zero-order valence-electron chi connectivity index (χ0n) is 8.83. The molecule has 1 aliphatic rings. The van der Waals surface area contributed by atoms with Gasteiger partial charge in [0, 0.05) is 30.1 Å². The van der Waals surface area contributed by atoms with Crippen LogP contribution in [-0.2, 0) is 6.42 Å². The third kappa shape index (κ3) is 1.99. The SMILES string of the molecule is [N-]=[N+]=NCCN1CCc2ccccc2C1=O. The Morgan fingerprint density at radius 1 is 1.44 bits per heavy atom. The third-order valence-electron chi connectivity index (χ3n) is 2.72. The van der Waals surface area contributed by atoms with Gasteiger partial charge < -0.3 is 4.90 Å². The number of azide groups is 1. The van der Waals surface area contributed by atoms with Crippen molar-refractivity contribution in [2.24, 2.45) is 5.11 Å². The molecule has 5 nitrogen and oxygen atoms in total. The molecule has 16 heavy (non-hydrogen) atoms. The highest BCUT2D eigenvalue weighted by molar-refractivity contribution is 5.96. The Morgan fingerprint density at radius 2 is 2.25 bits per heavy atom. The molecule has 0 unspecified atom stereocenters. The Morgan fingerprint density at radius 3 is 3.06 bits per heavy atom. The standard InChI is InChI=1S/C11H12N4O/c12-14-13-6-8-15-7-5-9-3-1-2-4-10(9)11(15)16/h1-4H,5-8H2. The van der Waals surface area contributed by atoms with Crippen molar-refractivity contribution in [3.05, 3.63) is 45.8 Å². The second kappa shape index (κ2) is 4.68. The average Bonchev–Trinajstić information content (AvgIpc) is 2.33. The van der Waals surface area contributed by atoms with Gasteiger partial charge in [0.2, 0.25) is 0 Å². The number of nitrogens with zero attached hydrogens (tertiary/aromatic N) is 4. The molecule has 1 aliphatic heterocycles. The highest BCUT2D eigenvalue weighted by atomic mass is 16.2. The number of fused-ring (bicyclic) bond motifs is 1. The fourth-order valence-electron chi connectivity index (χ4n) is 1.90. The number of carbonyl (C=O) groups is 1. The maximum absolute atomic E-state index is 12.0. The van der Waals surface area contributed by atoms with E-state index < -0.39 is 0 Å². The van der Waals surface area contributed by atoms with E-state index in [1.165, 1.54) is 0 Å². The van der Waals surface area contributed by atoms with E-state index in [9.17, 15) is 4.79 Å². The molecule has 0 bridgehead atoms. The molecular weight excluding hydrogens is 204 g/mol. The molecule has 0 aromatic heterocycles. The lowest BCUT2D eigenvalue weighted by molar-refractivity contribution is 0.0745. The molecule has 0 fully saturated rings. The van der Waals surface area contributed by atoms with Crippen molar-refractivity contribution in [1.29, 1.82) is 0 Å². The number of benzene rings is 1. The first-order chi connectivity index (χ1) is 7.83. The molecule has 1 aromatic carbocycles. The number of hydrogen-bond acceptors (Lipinski definition) is 2. The summed E-state index contributed by atoms with van der Waals surface area (Å²) in [4.78, 5) is 16.4. The van der Waals surface area contributed by atoms with Gasteiger partial charge >= 0.3 is 0 Å². The lowest BCUT2D eigenvalue weighted by atomic mass is 9.99. The van der Waals surface area contributed by atoms with Crippen molar-refractivity contribution in [2.45, 2.75) is 6.42 Å². The third-order valence-corrected chi connectivity index (χ3v) is 2.72. The van der Waals surface area contributed by atoms with E-state index >= 15 is 0 Å². The van der Waals surface area contributed by atoms with Gasteiger partial charge in [0.1, 0.15) is 0 Å². The second-order valence-corrected chi connectivity index (χ2v) is 3.65. The first-order valence-electron chi connectivity index (χ1n) is 5.21. The first-order valence-corrected chi connectivity index (χ1v) is 5.21. The highest BCUT2D eigenvalue weighted by Gasteiger charge is 2.22. The molecule has 0 saturated heterocycles. The van der Waals surface area contributed by atoms with E-state index in [1.807, 2.05) is 24.3 Å². The Balaban J connectivity index is 2.12. The predicted octanol–water partition coefficient (Wildman–Crippen LogP) is 2.00. The van der Waals surface area contributed by atoms with Gasteiger partial charge in [-0.2, -0.15) is 0 Å². The quantitative estimate of drug-likeness (QED) is 0.432. The summed E-state index contributed by atoms with van der Waals surface area (Å²) >= 11 is 0. The fraction of sp³-hybridized carbons (Fsp3) is 0.364. The van der Waals surface area contributed by atoms with Gasteiger partial charge in [0.25, 0.3) is 5.91 Å². The molecule has 1 amide bonds. The van der Waals surface area contributed by atoms with Crippen molar-refractivity contribution in [2.75, 3.05) is 19.6 Å². The number of rotatable bonds is 3. The van der Waals surface area contributed by atoms with Crippen molar-refractivity contribution in [3.8, 4) is 0 Å². The molecule has 1 aromatic rings. The van der Waals surface area contributed by atoms with Crippen LogP contribution in [0.25, 0.3) is 10.4 Å². The van der Waals surface area contributed by atoms with Crippen LogP contribution in [0.5, 0.6) is 0 Å². The molecule has 5 heteroatoms. The van der Waals surface area contributed by atoms with Crippen molar-refractivity contribution in [1.82, 2.24) is 4.90 Å². The fourth-order valence-corrected chi connectivity index (χ4v) is 1.90. The maximum atomic E-state index is 12.0. The summed E-state index contributed by atoms with van der Waals surface area (Å²) in [5, 5.41) is 3.44. The Labute approximate surface area is 93.3 Å². The second-order valence-electron chi connectivity index (χ2n) is 3.65. The van der Waals surface area contributed by atoms with Crippen LogP contribution in [0.3, 0.4) is 0 Å². The molecule has 0 aliphatic carbocycles. The molecule has 2 rings (SSSR count). The minimum absolute atomic E-state index is 0.0370. The summed E-state index contributed by atoms with van der Waals surface area (Å²) in [5.41, 5.74) is 10.1. The smallest absolute Gasteiger partial charge is 0.254 e. The normalized spacial score (nSPS) is 14.2. The summed E-state index contributed by atoms with van der Waals surface area (Å²) in [6.45, 7) is 1.54. The van der Waals surface area contributed by atoms with Gasteiger partial charge in [-0.15, -0.1) is 0 Å². The van der Waals surface area contributed by atoms with Crippen molar-refractivity contribution in [3.63, 3.8) is 0 Å². The number of amides is 1. The van der Waals surface area contributed by atoms with Crippen LogP contribution in [0.4, 0.5) is 0 Å². The van der Waals surface area contributed by atoms with Gasteiger partial charge in [-0.1, -0.05) is 23.3 Å². The molecule has 1 heterocycles. The average molecular weight is 216 g/mol. The minimum Gasteiger partial charge on any atom is -0.338 e. The zero-order valence-corrected chi connectivity index (χ0v) is 8.83. The lowest BCUT2D eigenvalue weighted by Gasteiger charge is -2.27. The largest absolute Gasteiger partial charge is 0.338 e. The number of carbonyl (C=O) groups excluding carboxylic acids is 1.